The molecule has 0 N–H and O–H groups in total. The maximum absolute atomic E-state index is 7.10. The van der Waals surface area contributed by atoms with Crippen LogP contribution in [0, 0.1) is 13.8 Å². The maximum Gasteiger partial charge on any atom is 0.128 e. The predicted molar refractivity (Wildman–Crippen MR) is 272 cm³/mol. The van der Waals surface area contributed by atoms with Gasteiger partial charge in [0.2, 0.25) is 0 Å². The van der Waals surface area contributed by atoms with E-state index in [1.54, 1.807) is 0 Å². The summed E-state index contributed by atoms with van der Waals surface area (Å²) in [5.41, 5.74) is 17.1. The molecule has 0 aliphatic carbocycles. The fraction of sp³-hybridized carbons (Fsp3) is 0.246. The lowest BCUT2D eigenvalue weighted by Gasteiger charge is -2.47. The molecule has 8 aromatic rings. The lowest BCUT2D eigenvalue weighted by molar-refractivity contribution is 0.481. The highest BCUT2D eigenvalue weighted by molar-refractivity contribution is 5.90. The van der Waals surface area contributed by atoms with Gasteiger partial charge in [0.15, 0.2) is 0 Å². The summed E-state index contributed by atoms with van der Waals surface area (Å²) >= 11 is 0. The van der Waals surface area contributed by atoms with Crippen LogP contribution < -0.4 is 9.64 Å². The number of aryl methyl sites for hydroxylation is 2. The van der Waals surface area contributed by atoms with E-state index in [0.29, 0.717) is 0 Å². The Kier molecular flexibility index (Phi) is 10.9. The summed E-state index contributed by atoms with van der Waals surface area (Å²) in [6.45, 7) is 25.0. The Morgan fingerprint density at radius 3 is 1.57 bits per heavy atom. The smallest absolute Gasteiger partial charge is 0.128 e. The molecule has 4 heteroatoms. The first-order valence-corrected chi connectivity index (χ1v) is 23.0. The van der Waals surface area contributed by atoms with Crippen molar-refractivity contribution in [2.45, 2.75) is 97.8 Å². The Morgan fingerprint density at radius 1 is 0.462 bits per heavy atom. The van der Waals surface area contributed by atoms with Gasteiger partial charge in [0, 0.05) is 23.6 Å². The van der Waals surface area contributed by atoms with Gasteiger partial charge in [-0.1, -0.05) is 141 Å². The van der Waals surface area contributed by atoms with E-state index in [4.69, 9.17) is 14.7 Å². The first-order valence-electron chi connectivity index (χ1n) is 23.0. The number of benzene rings is 6. The van der Waals surface area contributed by atoms with E-state index in [0.717, 1.165) is 56.6 Å². The minimum Gasteiger partial charge on any atom is -0.457 e. The van der Waals surface area contributed by atoms with Crippen LogP contribution in [-0.4, -0.2) is 9.97 Å². The van der Waals surface area contributed by atoms with Crippen molar-refractivity contribution < 1.29 is 4.74 Å². The molecule has 0 amide bonds. The third kappa shape index (κ3) is 8.05. The highest BCUT2D eigenvalue weighted by atomic mass is 16.5. The van der Waals surface area contributed by atoms with E-state index < -0.39 is 5.41 Å². The van der Waals surface area contributed by atoms with Gasteiger partial charge in [-0.3, -0.25) is 9.97 Å². The van der Waals surface area contributed by atoms with Crippen molar-refractivity contribution in [3.8, 4) is 33.9 Å². The number of pyridine rings is 2. The van der Waals surface area contributed by atoms with Crippen LogP contribution in [0.3, 0.4) is 0 Å². The monoisotopic (exact) mass is 851 g/mol. The number of fused-ring (bicyclic) bond motifs is 2. The standard InChI is InChI=1S/C61H61N3O/c1-40-18-16-19-41(2)57(40)43-34-42(53-22-12-14-32-62-53)35-50(36-43)65-49-21-17-20-47(37-49)61(56-23-13-15-33-63-56)51-38-45(59(6,7)8)26-30-54(51)64(48-28-24-44(25-29-48)58(3,4)5)55-31-27-46(39-52(55)61)60(9,10)11/h12-39H,1-11H3. The van der Waals surface area contributed by atoms with Crippen molar-refractivity contribution in [1.29, 1.82) is 0 Å². The number of rotatable bonds is 7. The topological polar surface area (TPSA) is 38.2 Å². The molecule has 0 bridgehead atoms. The molecule has 2 aromatic heterocycles. The normalized spacial score (nSPS) is 13.6. The van der Waals surface area contributed by atoms with Crippen LogP contribution in [0.15, 0.2) is 170 Å². The zero-order valence-corrected chi connectivity index (χ0v) is 39.9. The zero-order chi connectivity index (χ0) is 45.9. The molecular formula is C61H61N3O. The SMILES string of the molecule is Cc1cccc(C)c1-c1cc(Oc2cccc(C3(c4ccccn4)c4cc(C(C)(C)C)ccc4N(c4ccc(C(C)(C)C)cc4)c4ccc(C(C)(C)C)cc43)c2)cc(-c2ccccn2)c1. The molecule has 9 rings (SSSR count). The van der Waals surface area contributed by atoms with Gasteiger partial charge in [0.1, 0.15) is 11.5 Å². The van der Waals surface area contributed by atoms with Gasteiger partial charge in [0.25, 0.3) is 0 Å². The Bertz CT molecular complexity index is 2930. The van der Waals surface area contributed by atoms with Crippen LogP contribution in [0.2, 0.25) is 0 Å². The van der Waals surface area contributed by atoms with Gasteiger partial charge in [-0.25, -0.2) is 0 Å². The maximum atomic E-state index is 7.10. The van der Waals surface area contributed by atoms with Crippen molar-refractivity contribution in [2.24, 2.45) is 0 Å². The minimum absolute atomic E-state index is 0.0292. The molecule has 0 saturated heterocycles. The number of hydrogen-bond donors (Lipinski definition) is 0. The molecule has 0 saturated carbocycles. The quantitative estimate of drug-likeness (QED) is 0.160. The molecule has 0 unspecified atom stereocenters. The largest absolute Gasteiger partial charge is 0.457 e. The van der Waals surface area contributed by atoms with Crippen molar-refractivity contribution in [1.82, 2.24) is 9.97 Å². The third-order valence-electron chi connectivity index (χ3n) is 13.2. The second-order valence-electron chi connectivity index (χ2n) is 20.9. The Balaban J connectivity index is 1.31. The minimum atomic E-state index is -0.838. The Morgan fingerprint density at radius 2 is 1.02 bits per heavy atom. The lowest BCUT2D eigenvalue weighted by atomic mass is 9.62. The zero-order valence-electron chi connectivity index (χ0n) is 39.9. The molecule has 0 fully saturated rings. The van der Waals surface area contributed by atoms with Crippen molar-refractivity contribution in [2.75, 3.05) is 4.90 Å². The Labute approximate surface area is 387 Å². The van der Waals surface area contributed by atoms with Crippen molar-refractivity contribution in [3.63, 3.8) is 0 Å². The van der Waals surface area contributed by atoms with Crippen LogP contribution in [-0.2, 0) is 21.7 Å². The molecule has 4 nitrogen and oxygen atoms in total. The first-order chi connectivity index (χ1) is 30.9. The average molecular weight is 852 g/mol. The molecule has 3 heterocycles. The second kappa shape index (κ2) is 16.3. The van der Waals surface area contributed by atoms with E-state index in [1.165, 1.54) is 44.5 Å². The summed E-state index contributed by atoms with van der Waals surface area (Å²) in [6.07, 6.45) is 3.79. The van der Waals surface area contributed by atoms with Gasteiger partial charge in [-0.15, -0.1) is 0 Å². The van der Waals surface area contributed by atoms with E-state index in [9.17, 15) is 0 Å². The number of nitrogens with zero attached hydrogens (tertiary/aromatic N) is 3. The number of ether oxygens (including phenoxy) is 1. The van der Waals surface area contributed by atoms with E-state index in [-0.39, 0.29) is 16.2 Å². The highest BCUT2D eigenvalue weighted by Crippen LogP contribution is 2.59. The predicted octanol–water partition coefficient (Wildman–Crippen LogP) is 16.3. The molecule has 1 aliphatic heterocycles. The molecule has 326 valence electrons. The fourth-order valence-electron chi connectivity index (χ4n) is 9.66. The summed E-state index contributed by atoms with van der Waals surface area (Å²) in [7, 11) is 0. The second-order valence-corrected chi connectivity index (χ2v) is 20.9. The molecule has 0 atom stereocenters. The van der Waals surface area contributed by atoms with Crippen molar-refractivity contribution >= 4 is 17.1 Å². The molecule has 65 heavy (non-hydrogen) atoms. The van der Waals surface area contributed by atoms with E-state index in [2.05, 4.69) is 221 Å². The molecule has 1 aliphatic rings. The van der Waals surface area contributed by atoms with Crippen LogP contribution >= 0.6 is 0 Å². The van der Waals surface area contributed by atoms with Crippen LogP contribution in [0.25, 0.3) is 22.4 Å². The molecular weight excluding hydrogens is 791 g/mol. The molecule has 6 aromatic carbocycles. The summed E-state index contributed by atoms with van der Waals surface area (Å²) in [5, 5.41) is 0. The van der Waals surface area contributed by atoms with Crippen LogP contribution in [0.5, 0.6) is 11.5 Å². The number of aromatic nitrogens is 2. The van der Waals surface area contributed by atoms with Gasteiger partial charge in [0.05, 0.1) is 28.2 Å². The van der Waals surface area contributed by atoms with Gasteiger partial charge < -0.3 is 9.64 Å². The summed E-state index contributed by atoms with van der Waals surface area (Å²) < 4.78 is 7.10. The third-order valence-corrected chi connectivity index (χ3v) is 13.2. The van der Waals surface area contributed by atoms with Gasteiger partial charge in [-0.05, 0) is 165 Å². The first kappa shape index (κ1) is 43.5. The van der Waals surface area contributed by atoms with Crippen LogP contribution in [0.4, 0.5) is 17.1 Å². The fourth-order valence-corrected chi connectivity index (χ4v) is 9.66. The Hall–Kier alpha value is -6.78. The number of anilines is 3. The van der Waals surface area contributed by atoms with Gasteiger partial charge >= 0.3 is 0 Å². The highest BCUT2D eigenvalue weighted by Gasteiger charge is 2.48. The molecule has 0 radical (unpaired) electrons. The lowest BCUT2D eigenvalue weighted by Crippen LogP contribution is -2.39. The summed E-state index contributed by atoms with van der Waals surface area (Å²) in [4.78, 5) is 12.6. The van der Waals surface area contributed by atoms with E-state index in [1.807, 2.05) is 30.6 Å². The van der Waals surface area contributed by atoms with E-state index >= 15 is 0 Å². The molecule has 0 spiro atoms. The van der Waals surface area contributed by atoms with Gasteiger partial charge in [-0.2, -0.15) is 0 Å². The number of hydrogen-bond acceptors (Lipinski definition) is 4. The summed E-state index contributed by atoms with van der Waals surface area (Å²) in [6, 6.07) is 57.5. The average Bonchev–Trinajstić information content (AvgIpc) is 3.27. The van der Waals surface area contributed by atoms with Crippen LogP contribution in [0.1, 0.15) is 113 Å². The summed E-state index contributed by atoms with van der Waals surface area (Å²) in [5.74, 6) is 1.49. The van der Waals surface area contributed by atoms with Crippen molar-refractivity contribution in [3.05, 3.63) is 220 Å².